The minimum atomic E-state index is -1.10. The second-order valence-electron chi connectivity index (χ2n) is 3.83. The Labute approximate surface area is 121 Å². The van der Waals surface area contributed by atoms with Gasteiger partial charge in [0.05, 0.1) is 5.56 Å². The van der Waals surface area contributed by atoms with Crippen LogP contribution in [0.2, 0.25) is 0 Å². The number of hydrogen-bond acceptors (Lipinski definition) is 5. The Morgan fingerprint density at radius 1 is 1.35 bits per heavy atom. The van der Waals surface area contributed by atoms with Gasteiger partial charge in [0.1, 0.15) is 0 Å². The second-order valence-corrected chi connectivity index (χ2v) is 5.14. The predicted molar refractivity (Wildman–Crippen MR) is 75.4 cm³/mol. The van der Waals surface area contributed by atoms with Crippen molar-refractivity contribution in [3.05, 3.63) is 29.8 Å². The molecule has 1 aromatic rings. The number of hydrogen-bond donors (Lipinski definition) is 2. The van der Waals surface area contributed by atoms with E-state index in [9.17, 15) is 14.4 Å². The number of urea groups is 1. The third-order valence-electron chi connectivity index (χ3n) is 2.31. The molecular formula is C13H16N2O4S. The monoisotopic (exact) mass is 296 g/mol. The highest BCUT2D eigenvalue weighted by molar-refractivity contribution is 7.99. The van der Waals surface area contributed by atoms with Crippen LogP contribution < -0.4 is 11.1 Å². The van der Waals surface area contributed by atoms with Gasteiger partial charge in [0.2, 0.25) is 0 Å². The van der Waals surface area contributed by atoms with Gasteiger partial charge in [0.25, 0.3) is 5.91 Å². The van der Waals surface area contributed by atoms with E-state index < -0.39 is 24.0 Å². The molecule has 0 aromatic heterocycles. The Hall–Kier alpha value is -2.02. The van der Waals surface area contributed by atoms with Gasteiger partial charge in [-0.1, -0.05) is 19.1 Å². The number of nitrogens with one attached hydrogen (secondary N) is 1. The summed E-state index contributed by atoms with van der Waals surface area (Å²) in [5.74, 6) is -0.567. The summed E-state index contributed by atoms with van der Waals surface area (Å²) in [6.07, 6.45) is -1.10. The summed E-state index contributed by atoms with van der Waals surface area (Å²) in [7, 11) is 0. The molecule has 0 unspecified atom stereocenters. The zero-order valence-electron chi connectivity index (χ0n) is 11.2. The van der Waals surface area contributed by atoms with Crippen molar-refractivity contribution in [2.75, 3.05) is 5.75 Å². The topological polar surface area (TPSA) is 98.5 Å². The molecule has 20 heavy (non-hydrogen) atoms. The number of ether oxygens (including phenoxy) is 1. The maximum absolute atomic E-state index is 12.0. The fourth-order valence-corrected chi connectivity index (χ4v) is 2.21. The number of carbonyl (C=O) groups excluding carboxylic acids is 3. The summed E-state index contributed by atoms with van der Waals surface area (Å²) in [5, 5.41) is 1.86. The standard InChI is InChI=1S/C13H16N2O4S/c1-3-20-10-7-5-4-6-9(10)12(17)19-8(2)11(16)15-13(14)18/h4-8H,3H2,1-2H3,(H3,14,15,16,18)/t8-/m1/s1. The Balaban J connectivity index is 2.76. The van der Waals surface area contributed by atoms with Gasteiger partial charge in [0, 0.05) is 4.90 Å². The average Bonchev–Trinajstić information content (AvgIpc) is 2.38. The predicted octanol–water partition coefficient (Wildman–Crippen LogP) is 1.54. The molecule has 6 nitrogen and oxygen atoms in total. The smallest absolute Gasteiger partial charge is 0.340 e. The maximum Gasteiger partial charge on any atom is 0.340 e. The van der Waals surface area contributed by atoms with Crippen LogP contribution in [0, 0.1) is 0 Å². The highest BCUT2D eigenvalue weighted by Gasteiger charge is 2.21. The van der Waals surface area contributed by atoms with E-state index in [1.165, 1.54) is 18.7 Å². The van der Waals surface area contributed by atoms with Crippen molar-refractivity contribution in [2.45, 2.75) is 24.8 Å². The van der Waals surface area contributed by atoms with E-state index in [-0.39, 0.29) is 0 Å². The van der Waals surface area contributed by atoms with Crippen LogP contribution >= 0.6 is 11.8 Å². The largest absolute Gasteiger partial charge is 0.449 e. The summed E-state index contributed by atoms with van der Waals surface area (Å²) in [4.78, 5) is 34.8. The number of amides is 3. The third-order valence-corrected chi connectivity index (χ3v) is 3.26. The van der Waals surface area contributed by atoms with Crippen LogP contribution in [0.4, 0.5) is 4.79 Å². The van der Waals surface area contributed by atoms with Crippen molar-refractivity contribution in [1.82, 2.24) is 5.32 Å². The van der Waals surface area contributed by atoms with Crippen LogP contribution in [-0.2, 0) is 9.53 Å². The molecule has 3 N–H and O–H groups in total. The Morgan fingerprint density at radius 2 is 2.00 bits per heavy atom. The van der Waals surface area contributed by atoms with Crippen molar-refractivity contribution >= 4 is 29.7 Å². The summed E-state index contributed by atoms with van der Waals surface area (Å²) in [5.41, 5.74) is 5.21. The second kappa shape index (κ2) is 7.54. The summed E-state index contributed by atoms with van der Waals surface area (Å²) in [6.45, 7) is 3.33. The number of carbonyl (C=O) groups is 3. The van der Waals surface area contributed by atoms with Gasteiger partial charge < -0.3 is 10.5 Å². The Kier molecular flexibility index (Phi) is 6.05. The van der Waals surface area contributed by atoms with E-state index in [2.05, 4.69) is 0 Å². The molecule has 108 valence electrons. The molecule has 0 spiro atoms. The van der Waals surface area contributed by atoms with E-state index in [0.717, 1.165) is 10.6 Å². The molecule has 0 heterocycles. The Bertz CT molecular complexity index is 519. The van der Waals surface area contributed by atoms with Crippen molar-refractivity contribution in [3.63, 3.8) is 0 Å². The van der Waals surface area contributed by atoms with Crippen molar-refractivity contribution in [2.24, 2.45) is 5.73 Å². The molecule has 0 aliphatic rings. The van der Waals surface area contributed by atoms with Crippen molar-refractivity contribution in [3.8, 4) is 0 Å². The van der Waals surface area contributed by atoms with Gasteiger partial charge in [-0.05, 0) is 24.8 Å². The molecule has 3 amide bonds. The fourth-order valence-electron chi connectivity index (χ4n) is 1.42. The molecule has 0 saturated heterocycles. The van der Waals surface area contributed by atoms with E-state index in [4.69, 9.17) is 10.5 Å². The summed E-state index contributed by atoms with van der Waals surface area (Å²) < 4.78 is 5.01. The zero-order valence-corrected chi connectivity index (χ0v) is 12.0. The highest BCUT2D eigenvalue weighted by Crippen LogP contribution is 2.23. The molecule has 0 aliphatic heterocycles. The van der Waals surface area contributed by atoms with Crippen LogP contribution in [0.1, 0.15) is 24.2 Å². The van der Waals surface area contributed by atoms with Crippen LogP contribution in [0.3, 0.4) is 0 Å². The normalized spacial score (nSPS) is 11.5. The number of thioether (sulfide) groups is 1. The first-order valence-electron chi connectivity index (χ1n) is 5.98. The minimum Gasteiger partial charge on any atom is -0.449 e. The first-order chi connectivity index (χ1) is 9.45. The van der Waals surface area contributed by atoms with Gasteiger partial charge in [-0.2, -0.15) is 0 Å². The number of rotatable bonds is 5. The first kappa shape index (κ1) is 16.0. The van der Waals surface area contributed by atoms with E-state index >= 15 is 0 Å². The lowest BCUT2D eigenvalue weighted by atomic mass is 10.2. The maximum atomic E-state index is 12.0. The molecule has 0 radical (unpaired) electrons. The van der Waals surface area contributed by atoms with E-state index in [1.807, 2.05) is 18.3 Å². The van der Waals surface area contributed by atoms with E-state index in [0.29, 0.717) is 5.56 Å². The number of primary amides is 1. The number of imide groups is 1. The highest BCUT2D eigenvalue weighted by atomic mass is 32.2. The number of benzene rings is 1. The third kappa shape index (κ3) is 4.58. The quantitative estimate of drug-likeness (QED) is 0.634. The average molecular weight is 296 g/mol. The van der Waals surface area contributed by atoms with Crippen LogP contribution in [-0.4, -0.2) is 29.8 Å². The van der Waals surface area contributed by atoms with Crippen molar-refractivity contribution < 1.29 is 19.1 Å². The minimum absolute atomic E-state index is 0.387. The lowest BCUT2D eigenvalue weighted by molar-refractivity contribution is -0.127. The fraction of sp³-hybridized carbons (Fsp3) is 0.308. The number of esters is 1. The van der Waals surface area contributed by atoms with Crippen molar-refractivity contribution in [1.29, 1.82) is 0 Å². The molecule has 1 atom stereocenters. The van der Waals surface area contributed by atoms with Crippen LogP contribution in [0.15, 0.2) is 29.2 Å². The first-order valence-corrected chi connectivity index (χ1v) is 6.97. The van der Waals surface area contributed by atoms with Gasteiger partial charge in [-0.25, -0.2) is 9.59 Å². The van der Waals surface area contributed by atoms with E-state index in [1.54, 1.807) is 18.2 Å². The Morgan fingerprint density at radius 3 is 2.60 bits per heavy atom. The lowest BCUT2D eigenvalue weighted by Crippen LogP contribution is -2.42. The summed E-state index contributed by atoms with van der Waals surface area (Å²) in [6, 6.07) is 5.97. The van der Waals surface area contributed by atoms with Gasteiger partial charge in [-0.3, -0.25) is 10.1 Å². The summed E-state index contributed by atoms with van der Waals surface area (Å²) >= 11 is 1.50. The SMILES string of the molecule is CCSc1ccccc1C(=O)O[C@H](C)C(=O)NC(N)=O. The van der Waals surface area contributed by atoms with Crippen LogP contribution in [0.5, 0.6) is 0 Å². The van der Waals surface area contributed by atoms with Gasteiger partial charge in [0.15, 0.2) is 6.10 Å². The molecular weight excluding hydrogens is 280 g/mol. The molecule has 1 rings (SSSR count). The van der Waals surface area contributed by atoms with Gasteiger partial charge in [-0.15, -0.1) is 11.8 Å². The zero-order chi connectivity index (χ0) is 15.1. The molecule has 7 heteroatoms. The lowest BCUT2D eigenvalue weighted by Gasteiger charge is -2.13. The van der Waals surface area contributed by atoms with Gasteiger partial charge >= 0.3 is 12.0 Å². The van der Waals surface area contributed by atoms with Crippen LogP contribution in [0.25, 0.3) is 0 Å². The molecule has 0 saturated carbocycles. The number of nitrogens with two attached hydrogens (primary N) is 1. The molecule has 1 aromatic carbocycles. The molecule has 0 bridgehead atoms. The molecule has 0 fully saturated rings. The molecule has 0 aliphatic carbocycles.